The molecular weight excluding hydrogens is 288 g/mol. The van der Waals surface area contributed by atoms with Gasteiger partial charge in [0.2, 0.25) is 0 Å². The van der Waals surface area contributed by atoms with E-state index in [4.69, 9.17) is 9.47 Å². The molecule has 23 heavy (non-hydrogen) atoms. The highest BCUT2D eigenvalue weighted by atomic mass is 16.7. The monoisotopic (exact) mass is 314 g/mol. The van der Waals surface area contributed by atoms with Crippen LogP contribution in [-0.4, -0.2) is 23.4 Å². The highest BCUT2D eigenvalue weighted by Gasteiger charge is 2.02. The maximum absolute atomic E-state index is 5.51. The van der Waals surface area contributed by atoms with Gasteiger partial charge in [-0.1, -0.05) is 26.7 Å². The Balaban J connectivity index is 1.88. The van der Waals surface area contributed by atoms with Gasteiger partial charge in [0, 0.05) is 18.0 Å². The molecule has 1 aromatic carbocycles. The number of rotatable bonds is 10. The summed E-state index contributed by atoms with van der Waals surface area (Å²) in [7, 11) is 0. The molecule has 2 rings (SSSR count). The maximum Gasteiger partial charge on any atom is 0.189 e. The average molecular weight is 314 g/mol. The van der Waals surface area contributed by atoms with E-state index >= 15 is 0 Å². The van der Waals surface area contributed by atoms with E-state index in [1.165, 1.54) is 24.8 Å². The lowest BCUT2D eigenvalue weighted by Crippen LogP contribution is -2.03. The molecule has 4 heteroatoms. The highest BCUT2D eigenvalue weighted by molar-refractivity contribution is 5.55. The molecule has 1 heterocycles. The number of hydrogen-bond acceptors (Lipinski definition) is 4. The van der Waals surface area contributed by atoms with Crippen molar-refractivity contribution in [2.75, 3.05) is 13.4 Å². The fourth-order valence-electron chi connectivity index (χ4n) is 2.23. The van der Waals surface area contributed by atoms with Crippen LogP contribution in [-0.2, 0) is 11.2 Å². The summed E-state index contributed by atoms with van der Waals surface area (Å²) in [4.78, 5) is 8.93. The van der Waals surface area contributed by atoms with Crippen LogP contribution < -0.4 is 4.74 Å². The minimum absolute atomic E-state index is 0.288. The Morgan fingerprint density at radius 1 is 0.913 bits per heavy atom. The summed E-state index contributed by atoms with van der Waals surface area (Å²) in [6.07, 6.45) is 9.60. The smallest absolute Gasteiger partial charge is 0.189 e. The average Bonchev–Trinajstić information content (AvgIpc) is 2.60. The van der Waals surface area contributed by atoms with Crippen molar-refractivity contribution in [3.05, 3.63) is 42.2 Å². The molecule has 1 aromatic heterocycles. The Morgan fingerprint density at radius 3 is 2.30 bits per heavy atom. The Labute approximate surface area is 138 Å². The molecule has 0 atom stereocenters. The Kier molecular flexibility index (Phi) is 7.54. The lowest BCUT2D eigenvalue weighted by atomic mass is 10.1. The van der Waals surface area contributed by atoms with Gasteiger partial charge in [-0.3, -0.25) is 0 Å². The molecule has 0 N–H and O–H groups in total. The van der Waals surface area contributed by atoms with Crippen molar-refractivity contribution in [1.29, 1.82) is 0 Å². The Morgan fingerprint density at radius 2 is 1.65 bits per heavy atom. The van der Waals surface area contributed by atoms with E-state index in [-0.39, 0.29) is 6.79 Å². The van der Waals surface area contributed by atoms with Gasteiger partial charge in [0.15, 0.2) is 12.6 Å². The van der Waals surface area contributed by atoms with Crippen molar-refractivity contribution in [1.82, 2.24) is 9.97 Å². The van der Waals surface area contributed by atoms with Gasteiger partial charge in [-0.15, -0.1) is 0 Å². The maximum atomic E-state index is 5.51. The van der Waals surface area contributed by atoms with Gasteiger partial charge >= 0.3 is 0 Å². The third-order valence-electron chi connectivity index (χ3n) is 3.54. The topological polar surface area (TPSA) is 44.2 Å². The van der Waals surface area contributed by atoms with E-state index in [0.29, 0.717) is 0 Å². The van der Waals surface area contributed by atoms with Crippen LogP contribution in [0.5, 0.6) is 5.75 Å². The quantitative estimate of drug-likeness (QED) is 0.473. The molecule has 0 saturated carbocycles. The van der Waals surface area contributed by atoms with Crippen molar-refractivity contribution < 1.29 is 9.47 Å². The van der Waals surface area contributed by atoms with Crippen LogP contribution in [0.15, 0.2) is 36.7 Å². The van der Waals surface area contributed by atoms with E-state index < -0.39 is 0 Å². The molecule has 0 unspecified atom stereocenters. The second-order valence-corrected chi connectivity index (χ2v) is 5.57. The minimum Gasteiger partial charge on any atom is -0.468 e. The molecule has 0 fully saturated rings. The minimum atomic E-state index is 0.288. The number of unbranched alkanes of at least 4 members (excludes halogenated alkanes) is 2. The second kappa shape index (κ2) is 9.95. The van der Waals surface area contributed by atoms with Gasteiger partial charge in [0.05, 0.1) is 6.61 Å². The van der Waals surface area contributed by atoms with Gasteiger partial charge in [-0.25, -0.2) is 9.97 Å². The van der Waals surface area contributed by atoms with Crippen molar-refractivity contribution in [2.24, 2.45) is 0 Å². The van der Waals surface area contributed by atoms with E-state index in [0.717, 1.165) is 36.6 Å². The molecule has 4 nitrogen and oxygen atoms in total. The number of ether oxygens (including phenoxy) is 2. The van der Waals surface area contributed by atoms with E-state index in [9.17, 15) is 0 Å². The molecule has 0 aliphatic carbocycles. The number of aromatic nitrogens is 2. The van der Waals surface area contributed by atoms with Crippen molar-refractivity contribution in [2.45, 2.75) is 46.0 Å². The molecule has 0 bridgehead atoms. The van der Waals surface area contributed by atoms with Gasteiger partial charge in [0.25, 0.3) is 0 Å². The molecule has 0 aliphatic heterocycles. The number of nitrogens with zero attached hydrogens (tertiary/aromatic N) is 2. The first-order valence-corrected chi connectivity index (χ1v) is 8.45. The summed E-state index contributed by atoms with van der Waals surface area (Å²) in [5, 5.41) is 0. The first kappa shape index (κ1) is 17.4. The van der Waals surface area contributed by atoms with Gasteiger partial charge in [-0.05, 0) is 49.1 Å². The summed E-state index contributed by atoms with van der Waals surface area (Å²) in [5.74, 6) is 1.54. The zero-order valence-corrected chi connectivity index (χ0v) is 14.1. The van der Waals surface area contributed by atoms with Crippen molar-refractivity contribution in [3.8, 4) is 17.1 Å². The summed E-state index contributed by atoms with van der Waals surface area (Å²) >= 11 is 0. The molecule has 0 amide bonds. The lowest BCUT2D eigenvalue weighted by molar-refractivity contribution is 0.0157. The fourth-order valence-corrected chi connectivity index (χ4v) is 2.23. The number of benzene rings is 1. The molecule has 0 aliphatic rings. The largest absolute Gasteiger partial charge is 0.468 e. The second-order valence-electron chi connectivity index (χ2n) is 5.57. The van der Waals surface area contributed by atoms with E-state index in [1.807, 2.05) is 36.7 Å². The lowest BCUT2D eigenvalue weighted by Gasteiger charge is -2.07. The van der Waals surface area contributed by atoms with Gasteiger partial charge in [-0.2, -0.15) is 0 Å². The van der Waals surface area contributed by atoms with Crippen LogP contribution >= 0.6 is 0 Å². The third kappa shape index (κ3) is 5.99. The fraction of sp³-hybridized carbons (Fsp3) is 0.474. The SMILES string of the molecule is CCCCCc1cnc(-c2ccc(OCOCCC)cc2)nc1. The zero-order valence-electron chi connectivity index (χ0n) is 14.1. The van der Waals surface area contributed by atoms with Crippen LogP contribution in [0.4, 0.5) is 0 Å². The third-order valence-corrected chi connectivity index (χ3v) is 3.54. The summed E-state index contributed by atoms with van der Waals surface area (Å²) in [5.41, 5.74) is 2.20. The van der Waals surface area contributed by atoms with Crippen molar-refractivity contribution >= 4 is 0 Å². The number of hydrogen-bond donors (Lipinski definition) is 0. The van der Waals surface area contributed by atoms with Crippen LogP contribution in [0.3, 0.4) is 0 Å². The van der Waals surface area contributed by atoms with Crippen LogP contribution in [0.1, 0.15) is 45.1 Å². The summed E-state index contributed by atoms with van der Waals surface area (Å²) < 4.78 is 10.8. The standard InChI is InChI=1S/C19H26N2O2/c1-3-5-6-7-16-13-20-19(21-14-16)17-8-10-18(11-9-17)23-15-22-12-4-2/h8-11,13-14H,3-7,12,15H2,1-2H3. The predicted molar refractivity (Wildman–Crippen MR) is 92.4 cm³/mol. The highest BCUT2D eigenvalue weighted by Crippen LogP contribution is 2.19. The Hall–Kier alpha value is -1.94. The van der Waals surface area contributed by atoms with Crippen LogP contribution in [0, 0.1) is 0 Å². The number of aryl methyl sites for hydroxylation is 1. The predicted octanol–water partition coefficient (Wildman–Crippen LogP) is 4.64. The Bertz CT molecular complexity index is 553. The molecule has 0 radical (unpaired) electrons. The van der Waals surface area contributed by atoms with Gasteiger partial charge in [0.1, 0.15) is 5.75 Å². The zero-order chi connectivity index (χ0) is 16.3. The van der Waals surface area contributed by atoms with Crippen molar-refractivity contribution in [3.63, 3.8) is 0 Å². The first-order chi connectivity index (χ1) is 11.3. The molecule has 0 saturated heterocycles. The summed E-state index contributed by atoms with van der Waals surface area (Å²) in [6.45, 7) is 5.29. The van der Waals surface area contributed by atoms with E-state index in [1.54, 1.807) is 0 Å². The normalized spacial score (nSPS) is 10.7. The molecular formula is C19H26N2O2. The van der Waals surface area contributed by atoms with Gasteiger partial charge < -0.3 is 9.47 Å². The first-order valence-electron chi connectivity index (χ1n) is 8.45. The molecule has 0 spiro atoms. The van der Waals surface area contributed by atoms with E-state index in [2.05, 4.69) is 23.8 Å². The summed E-state index contributed by atoms with van der Waals surface area (Å²) in [6, 6.07) is 7.79. The molecule has 124 valence electrons. The van der Waals surface area contributed by atoms with Crippen LogP contribution in [0.2, 0.25) is 0 Å². The van der Waals surface area contributed by atoms with Crippen LogP contribution in [0.25, 0.3) is 11.4 Å². The molecule has 2 aromatic rings.